The summed E-state index contributed by atoms with van der Waals surface area (Å²) in [7, 11) is -2.74. The first-order valence-electron chi connectivity index (χ1n) is 10.3. The summed E-state index contributed by atoms with van der Waals surface area (Å²) in [6.07, 6.45) is 0. The molecule has 0 radical (unpaired) electrons. The van der Waals surface area contributed by atoms with Gasteiger partial charge in [-0.25, -0.2) is 8.42 Å². The summed E-state index contributed by atoms with van der Waals surface area (Å²) in [5, 5.41) is 13.7. The Hall–Kier alpha value is -3.92. The van der Waals surface area contributed by atoms with Crippen molar-refractivity contribution < 1.29 is 22.9 Å². The molecule has 3 aromatic rings. The number of nitrogens with one attached hydrogen (secondary N) is 1. The number of hydrogen-bond donors (Lipinski definition) is 1. The number of anilines is 2. The van der Waals surface area contributed by atoms with Gasteiger partial charge in [-0.3, -0.25) is 19.2 Å². The van der Waals surface area contributed by atoms with E-state index in [1.54, 1.807) is 31.2 Å². The van der Waals surface area contributed by atoms with Crippen LogP contribution in [0.5, 0.6) is 5.75 Å². The van der Waals surface area contributed by atoms with Crippen LogP contribution in [0, 0.1) is 30.9 Å². The maximum Gasteiger partial charge on any atom is 0.271 e. The van der Waals surface area contributed by atoms with Gasteiger partial charge in [-0.05, 0) is 56.2 Å². The van der Waals surface area contributed by atoms with Gasteiger partial charge in [0, 0.05) is 12.1 Å². The smallest absolute Gasteiger partial charge is 0.271 e. The van der Waals surface area contributed by atoms with E-state index in [2.05, 4.69) is 5.32 Å². The van der Waals surface area contributed by atoms with Gasteiger partial charge in [0.2, 0.25) is 5.91 Å². The molecule has 0 bridgehead atoms. The number of amides is 1. The SMILES string of the molecule is COc1ccc([N+](=O)[O-])cc1NC(=O)CN(c1cccc(C)c1C)S(=O)(=O)c1ccc(C)cc1. The molecule has 3 aromatic carbocycles. The third kappa shape index (κ3) is 5.18. The molecular formula is C24H25N3O6S. The van der Waals surface area contributed by atoms with Gasteiger partial charge in [-0.2, -0.15) is 0 Å². The molecule has 10 heteroatoms. The summed E-state index contributed by atoms with van der Waals surface area (Å²) < 4.78 is 33.4. The zero-order valence-electron chi connectivity index (χ0n) is 19.2. The standard InChI is InChI=1S/C24H25N3O6S/c1-16-8-11-20(12-9-16)34(31,32)26(22-7-5-6-17(2)18(22)3)15-24(28)25-21-14-19(27(29)30)10-13-23(21)33-4/h5-14H,15H2,1-4H3,(H,25,28). The molecule has 1 N–H and O–H groups in total. The van der Waals surface area contributed by atoms with Gasteiger partial charge in [0.1, 0.15) is 12.3 Å². The molecule has 34 heavy (non-hydrogen) atoms. The maximum atomic E-state index is 13.6. The number of aryl methyl sites for hydroxylation is 2. The molecule has 9 nitrogen and oxygen atoms in total. The van der Waals surface area contributed by atoms with Crippen LogP contribution in [0.4, 0.5) is 17.1 Å². The van der Waals surface area contributed by atoms with Gasteiger partial charge in [-0.1, -0.05) is 29.8 Å². The zero-order chi connectivity index (χ0) is 25.0. The molecular weight excluding hydrogens is 458 g/mol. The van der Waals surface area contributed by atoms with Gasteiger partial charge < -0.3 is 10.1 Å². The van der Waals surface area contributed by atoms with E-state index in [0.717, 1.165) is 21.5 Å². The number of nitro groups is 1. The van der Waals surface area contributed by atoms with Crippen LogP contribution in [-0.4, -0.2) is 32.9 Å². The summed E-state index contributed by atoms with van der Waals surface area (Å²) in [4.78, 5) is 23.6. The van der Waals surface area contributed by atoms with Gasteiger partial charge in [0.15, 0.2) is 0 Å². The lowest BCUT2D eigenvalue weighted by Crippen LogP contribution is -2.38. The average Bonchev–Trinajstić information content (AvgIpc) is 2.79. The fourth-order valence-corrected chi connectivity index (χ4v) is 4.85. The molecule has 3 rings (SSSR count). The molecule has 0 saturated carbocycles. The highest BCUT2D eigenvalue weighted by Gasteiger charge is 2.29. The van der Waals surface area contributed by atoms with Gasteiger partial charge >= 0.3 is 0 Å². The van der Waals surface area contributed by atoms with E-state index < -0.39 is 27.4 Å². The molecule has 0 fully saturated rings. The van der Waals surface area contributed by atoms with Crippen molar-refractivity contribution in [3.8, 4) is 5.75 Å². The van der Waals surface area contributed by atoms with Crippen LogP contribution in [0.3, 0.4) is 0 Å². The van der Waals surface area contributed by atoms with Crippen LogP contribution in [0.25, 0.3) is 0 Å². The first-order chi connectivity index (χ1) is 16.0. The molecule has 0 spiro atoms. The van der Waals surface area contributed by atoms with Crippen molar-refractivity contribution in [2.24, 2.45) is 0 Å². The summed E-state index contributed by atoms with van der Waals surface area (Å²) in [5.74, 6) is -0.478. The van der Waals surface area contributed by atoms with Crippen LogP contribution in [0.15, 0.2) is 65.6 Å². The topological polar surface area (TPSA) is 119 Å². The first kappa shape index (κ1) is 24.7. The van der Waals surface area contributed by atoms with Crippen molar-refractivity contribution in [3.05, 3.63) is 87.5 Å². The lowest BCUT2D eigenvalue weighted by Gasteiger charge is -2.26. The fraction of sp³-hybridized carbons (Fsp3) is 0.208. The van der Waals surface area contributed by atoms with E-state index in [-0.39, 0.29) is 22.0 Å². The zero-order valence-corrected chi connectivity index (χ0v) is 20.0. The second-order valence-corrected chi connectivity index (χ2v) is 9.60. The second-order valence-electron chi connectivity index (χ2n) is 7.73. The number of ether oxygens (including phenoxy) is 1. The number of methoxy groups -OCH3 is 1. The van der Waals surface area contributed by atoms with Crippen molar-refractivity contribution in [2.75, 3.05) is 23.3 Å². The number of rotatable bonds is 8. The van der Waals surface area contributed by atoms with E-state index >= 15 is 0 Å². The molecule has 0 aliphatic carbocycles. The van der Waals surface area contributed by atoms with Crippen molar-refractivity contribution in [2.45, 2.75) is 25.7 Å². The van der Waals surface area contributed by atoms with Crippen LogP contribution in [0.2, 0.25) is 0 Å². The van der Waals surface area contributed by atoms with Crippen molar-refractivity contribution in [1.29, 1.82) is 0 Å². The third-order valence-corrected chi connectivity index (χ3v) is 7.18. The number of non-ortho nitro benzene ring substituents is 1. The average molecular weight is 484 g/mol. The molecule has 0 unspecified atom stereocenters. The summed E-state index contributed by atoms with van der Waals surface area (Å²) in [6, 6.07) is 15.3. The minimum absolute atomic E-state index is 0.0414. The molecule has 0 saturated heterocycles. The Morgan fingerprint density at radius 2 is 1.74 bits per heavy atom. The third-order valence-electron chi connectivity index (χ3n) is 5.41. The first-order valence-corrected chi connectivity index (χ1v) is 11.8. The van der Waals surface area contributed by atoms with Gasteiger partial charge in [0.25, 0.3) is 15.7 Å². The largest absolute Gasteiger partial charge is 0.495 e. The Morgan fingerprint density at radius 3 is 2.35 bits per heavy atom. The van der Waals surface area contributed by atoms with Crippen LogP contribution < -0.4 is 14.4 Å². The summed E-state index contributed by atoms with van der Waals surface area (Å²) in [6.45, 7) is 4.93. The molecule has 0 aliphatic heterocycles. The Balaban J connectivity index is 2.02. The predicted octanol–water partition coefficient (Wildman–Crippen LogP) is 4.36. The molecule has 1 amide bonds. The quantitative estimate of drug-likeness (QED) is 0.376. The monoisotopic (exact) mass is 483 g/mol. The fourth-order valence-electron chi connectivity index (χ4n) is 3.37. The van der Waals surface area contributed by atoms with Crippen LogP contribution in [0.1, 0.15) is 16.7 Å². The molecule has 0 aliphatic rings. The highest BCUT2D eigenvalue weighted by atomic mass is 32.2. The van der Waals surface area contributed by atoms with Crippen molar-refractivity contribution >= 4 is 33.0 Å². The van der Waals surface area contributed by atoms with E-state index in [1.165, 1.54) is 31.4 Å². The Kier molecular flexibility index (Phi) is 7.21. The number of carbonyl (C=O) groups is 1. The van der Waals surface area contributed by atoms with Crippen molar-refractivity contribution in [1.82, 2.24) is 0 Å². The molecule has 178 valence electrons. The normalized spacial score (nSPS) is 11.1. The Labute approximate surface area is 198 Å². The summed E-state index contributed by atoms with van der Waals surface area (Å²) in [5.41, 5.74) is 2.65. The van der Waals surface area contributed by atoms with E-state index in [1.807, 2.05) is 19.9 Å². The summed E-state index contributed by atoms with van der Waals surface area (Å²) >= 11 is 0. The lowest BCUT2D eigenvalue weighted by atomic mass is 10.1. The van der Waals surface area contributed by atoms with Crippen LogP contribution in [-0.2, 0) is 14.8 Å². The maximum absolute atomic E-state index is 13.6. The van der Waals surface area contributed by atoms with Gasteiger partial charge in [0.05, 0.1) is 28.3 Å². The number of benzene rings is 3. The number of carbonyl (C=O) groups excluding carboxylic acids is 1. The number of hydrogen-bond acceptors (Lipinski definition) is 6. The van der Waals surface area contributed by atoms with Crippen LogP contribution >= 0.6 is 0 Å². The van der Waals surface area contributed by atoms with E-state index in [0.29, 0.717) is 11.3 Å². The highest BCUT2D eigenvalue weighted by Crippen LogP contribution is 2.31. The molecule has 0 aromatic heterocycles. The second kappa shape index (κ2) is 9.92. The van der Waals surface area contributed by atoms with E-state index in [4.69, 9.17) is 4.74 Å². The minimum Gasteiger partial charge on any atom is -0.495 e. The van der Waals surface area contributed by atoms with E-state index in [9.17, 15) is 23.3 Å². The Morgan fingerprint density at radius 1 is 1.06 bits per heavy atom. The Bertz CT molecular complexity index is 1340. The molecule has 0 heterocycles. The lowest BCUT2D eigenvalue weighted by molar-refractivity contribution is -0.384. The predicted molar refractivity (Wildman–Crippen MR) is 130 cm³/mol. The number of nitro benzene ring substituents is 1. The molecule has 0 atom stereocenters. The number of nitrogens with zero attached hydrogens (tertiary/aromatic N) is 2. The highest BCUT2D eigenvalue weighted by molar-refractivity contribution is 7.92. The van der Waals surface area contributed by atoms with Gasteiger partial charge in [-0.15, -0.1) is 0 Å². The number of sulfonamides is 1. The van der Waals surface area contributed by atoms with Crippen molar-refractivity contribution in [3.63, 3.8) is 0 Å². The minimum atomic E-state index is -4.10.